The Balaban J connectivity index is 2.36. The van der Waals surface area contributed by atoms with Gasteiger partial charge >= 0.3 is 6.09 Å². The van der Waals surface area contributed by atoms with E-state index in [1.54, 1.807) is 11.3 Å². The molecule has 0 atom stereocenters. The summed E-state index contributed by atoms with van der Waals surface area (Å²) in [5.74, 6) is 5.89. The van der Waals surface area contributed by atoms with Crippen molar-refractivity contribution in [2.24, 2.45) is 0 Å². The normalized spacial score (nSPS) is 10.4. The molecule has 1 amide bonds. The first-order valence-electron chi connectivity index (χ1n) is 5.37. The molecule has 3 nitrogen and oxygen atoms in total. The van der Waals surface area contributed by atoms with Gasteiger partial charge in [-0.15, -0.1) is 0 Å². The smallest absolute Gasteiger partial charge is 0.408 e. The highest BCUT2D eigenvalue weighted by Crippen LogP contribution is 2.11. The van der Waals surface area contributed by atoms with E-state index in [4.69, 9.17) is 4.74 Å². The first kappa shape index (κ1) is 13.6. The molecule has 1 aromatic rings. The summed E-state index contributed by atoms with van der Waals surface area (Å²) in [5, 5.41) is 6.63. The molecular weight excluding hydrogens is 234 g/mol. The van der Waals surface area contributed by atoms with Crippen LogP contribution >= 0.6 is 11.3 Å². The van der Waals surface area contributed by atoms with E-state index in [0.717, 1.165) is 5.56 Å². The third-order valence-electron chi connectivity index (χ3n) is 1.80. The van der Waals surface area contributed by atoms with Crippen molar-refractivity contribution >= 4 is 17.4 Å². The molecule has 17 heavy (non-hydrogen) atoms. The zero-order valence-electron chi connectivity index (χ0n) is 10.6. The molecule has 4 heteroatoms. The maximum absolute atomic E-state index is 11.3. The number of alkyl carbamates (subject to hydrolysis) is 1. The topological polar surface area (TPSA) is 38.3 Å². The van der Waals surface area contributed by atoms with Gasteiger partial charge in [0.05, 0.1) is 6.54 Å². The molecule has 1 N–H and O–H groups in total. The van der Waals surface area contributed by atoms with Crippen LogP contribution < -0.4 is 5.32 Å². The fourth-order valence-electron chi connectivity index (χ4n) is 1.06. The lowest BCUT2D eigenvalue weighted by molar-refractivity contribution is 0.0535. The molecule has 0 aliphatic heterocycles. The Morgan fingerprint density at radius 1 is 1.47 bits per heavy atom. The van der Waals surface area contributed by atoms with Crippen molar-refractivity contribution < 1.29 is 9.53 Å². The number of amides is 1. The summed E-state index contributed by atoms with van der Waals surface area (Å²) in [7, 11) is 0. The minimum Gasteiger partial charge on any atom is -0.444 e. The van der Waals surface area contributed by atoms with Gasteiger partial charge in [-0.05, 0) is 38.6 Å². The Kier molecular flexibility index (Phi) is 4.59. The molecule has 0 spiro atoms. The van der Waals surface area contributed by atoms with E-state index in [1.165, 1.54) is 5.56 Å². The summed E-state index contributed by atoms with van der Waals surface area (Å²) >= 11 is 1.62. The van der Waals surface area contributed by atoms with Gasteiger partial charge in [0.25, 0.3) is 0 Å². The van der Waals surface area contributed by atoms with Crippen molar-refractivity contribution in [1.82, 2.24) is 5.32 Å². The SMILES string of the molecule is Cc1cscc1C#CCNC(=O)OC(C)(C)C. The third kappa shape index (κ3) is 5.41. The van der Waals surface area contributed by atoms with Gasteiger partial charge in [-0.25, -0.2) is 4.79 Å². The predicted octanol–water partition coefficient (Wildman–Crippen LogP) is 2.93. The van der Waals surface area contributed by atoms with Gasteiger partial charge in [0.2, 0.25) is 0 Å². The number of hydrogen-bond acceptors (Lipinski definition) is 3. The zero-order chi connectivity index (χ0) is 12.9. The molecule has 0 aliphatic rings. The van der Waals surface area contributed by atoms with E-state index in [9.17, 15) is 4.79 Å². The Hall–Kier alpha value is -1.47. The average Bonchev–Trinajstić information content (AvgIpc) is 2.56. The van der Waals surface area contributed by atoms with Gasteiger partial charge in [-0.2, -0.15) is 11.3 Å². The molecule has 0 saturated carbocycles. The van der Waals surface area contributed by atoms with Crippen molar-refractivity contribution in [3.63, 3.8) is 0 Å². The van der Waals surface area contributed by atoms with Crippen molar-refractivity contribution in [3.05, 3.63) is 21.9 Å². The fourth-order valence-corrected chi connectivity index (χ4v) is 1.84. The Bertz CT molecular complexity index is 446. The average molecular weight is 251 g/mol. The summed E-state index contributed by atoms with van der Waals surface area (Å²) in [6, 6.07) is 0. The van der Waals surface area contributed by atoms with Crippen molar-refractivity contribution in [1.29, 1.82) is 0 Å². The van der Waals surface area contributed by atoms with Crippen LogP contribution in [-0.4, -0.2) is 18.2 Å². The second-order valence-electron chi connectivity index (χ2n) is 4.63. The van der Waals surface area contributed by atoms with E-state index in [2.05, 4.69) is 17.2 Å². The molecular formula is C13H17NO2S. The first-order chi connectivity index (χ1) is 7.88. The third-order valence-corrected chi connectivity index (χ3v) is 2.66. The van der Waals surface area contributed by atoms with Crippen molar-refractivity contribution in [2.45, 2.75) is 33.3 Å². The second-order valence-corrected chi connectivity index (χ2v) is 5.37. The second kappa shape index (κ2) is 5.74. The number of thiophene rings is 1. The summed E-state index contributed by atoms with van der Waals surface area (Å²) in [4.78, 5) is 11.3. The van der Waals surface area contributed by atoms with Crippen molar-refractivity contribution in [2.75, 3.05) is 6.54 Å². The van der Waals surface area contributed by atoms with Crippen LogP contribution in [-0.2, 0) is 4.74 Å². The van der Waals surface area contributed by atoms with E-state index >= 15 is 0 Å². The number of aryl methyl sites for hydroxylation is 1. The van der Waals surface area contributed by atoms with E-state index in [1.807, 2.05) is 38.5 Å². The van der Waals surface area contributed by atoms with Gasteiger partial charge in [0, 0.05) is 10.9 Å². The van der Waals surface area contributed by atoms with Gasteiger partial charge in [0.15, 0.2) is 0 Å². The van der Waals surface area contributed by atoms with Crippen LogP contribution in [0.4, 0.5) is 4.79 Å². The molecule has 0 radical (unpaired) electrons. The summed E-state index contributed by atoms with van der Waals surface area (Å²) in [5.41, 5.74) is 1.71. The van der Waals surface area contributed by atoms with Gasteiger partial charge in [-0.1, -0.05) is 11.8 Å². The Labute approximate surface area is 106 Å². The number of ether oxygens (including phenoxy) is 1. The molecule has 1 aromatic heterocycles. The van der Waals surface area contributed by atoms with Gasteiger partial charge < -0.3 is 10.1 Å². The van der Waals surface area contributed by atoms with E-state index in [0.29, 0.717) is 6.54 Å². The molecule has 0 aromatic carbocycles. The molecule has 0 saturated heterocycles. The van der Waals surface area contributed by atoms with Crippen LogP contribution in [0.3, 0.4) is 0 Å². The molecule has 0 unspecified atom stereocenters. The van der Waals surface area contributed by atoms with Crippen LogP contribution in [0.1, 0.15) is 31.9 Å². The summed E-state index contributed by atoms with van der Waals surface area (Å²) in [6.45, 7) is 7.79. The number of nitrogens with one attached hydrogen (secondary N) is 1. The quantitative estimate of drug-likeness (QED) is 0.779. The highest BCUT2D eigenvalue weighted by Gasteiger charge is 2.14. The highest BCUT2D eigenvalue weighted by molar-refractivity contribution is 7.08. The molecule has 1 rings (SSSR count). The van der Waals surface area contributed by atoms with Crippen LogP contribution in [0, 0.1) is 18.8 Å². The lowest BCUT2D eigenvalue weighted by atomic mass is 10.2. The van der Waals surface area contributed by atoms with Crippen molar-refractivity contribution in [3.8, 4) is 11.8 Å². The molecule has 0 aliphatic carbocycles. The molecule has 1 heterocycles. The van der Waals surface area contributed by atoms with Crippen LogP contribution in [0.15, 0.2) is 10.8 Å². The predicted molar refractivity (Wildman–Crippen MR) is 70.2 cm³/mol. The van der Waals surface area contributed by atoms with Crippen LogP contribution in [0.25, 0.3) is 0 Å². The Morgan fingerprint density at radius 3 is 2.71 bits per heavy atom. The molecule has 0 fully saturated rings. The minimum atomic E-state index is -0.471. The van der Waals surface area contributed by atoms with Crippen LogP contribution in [0.5, 0.6) is 0 Å². The molecule has 0 bridgehead atoms. The fraction of sp³-hybridized carbons (Fsp3) is 0.462. The zero-order valence-corrected chi connectivity index (χ0v) is 11.4. The standard InChI is InChI=1S/C13H17NO2S/c1-10-8-17-9-11(10)6-5-7-14-12(15)16-13(2,3)4/h8-9H,7H2,1-4H3,(H,14,15). The van der Waals surface area contributed by atoms with Gasteiger partial charge in [0.1, 0.15) is 5.60 Å². The summed E-state index contributed by atoms with van der Waals surface area (Å²) in [6.07, 6.45) is -0.436. The van der Waals surface area contributed by atoms with Crippen LogP contribution in [0.2, 0.25) is 0 Å². The lowest BCUT2D eigenvalue weighted by Gasteiger charge is -2.18. The summed E-state index contributed by atoms with van der Waals surface area (Å²) < 4.78 is 5.08. The van der Waals surface area contributed by atoms with E-state index < -0.39 is 11.7 Å². The number of hydrogen-bond donors (Lipinski definition) is 1. The highest BCUT2D eigenvalue weighted by atomic mass is 32.1. The molecule has 92 valence electrons. The Morgan fingerprint density at radius 2 is 2.18 bits per heavy atom. The minimum absolute atomic E-state index is 0.296. The van der Waals surface area contributed by atoms with E-state index in [-0.39, 0.29) is 0 Å². The first-order valence-corrected chi connectivity index (χ1v) is 6.31. The lowest BCUT2D eigenvalue weighted by Crippen LogP contribution is -2.32. The number of carbonyl (C=O) groups is 1. The number of carbonyl (C=O) groups excluding carboxylic acids is 1. The van der Waals surface area contributed by atoms with Gasteiger partial charge in [-0.3, -0.25) is 0 Å². The monoisotopic (exact) mass is 251 g/mol. The number of rotatable bonds is 1. The maximum Gasteiger partial charge on any atom is 0.408 e. The maximum atomic E-state index is 11.3. The largest absolute Gasteiger partial charge is 0.444 e.